The molecule has 0 unspecified atom stereocenters. The van der Waals surface area contributed by atoms with Crippen LogP contribution in [0.2, 0.25) is 5.02 Å². The number of amides is 2. The van der Waals surface area contributed by atoms with Crippen LogP contribution in [0.3, 0.4) is 0 Å². The Hall–Kier alpha value is -2.86. The van der Waals surface area contributed by atoms with Crippen LogP contribution in [0.25, 0.3) is 0 Å². The van der Waals surface area contributed by atoms with Crippen molar-refractivity contribution in [1.82, 2.24) is 10.3 Å². The highest BCUT2D eigenvalue weighted by Crippen LogP contribution is 2.27. The Labute approximate surface area is 144 Å². The summed E-state index contributed by atoms with van der Waals surface area (Å²) in [5, 5.41) is 5.65. The number of pyridine rings is 1. The number of rotatable bonds is 6. The zero-order chi connectivity index (χ0) is 17.5. The molecule has 1 heterocycles. The third-order valence-corrected chi connectivity index (χ3v) is 3.33. The van der Waals surface area contributed by atoms with Gasteiger partial charge in [0.05, 0.1) is 12.1 Å². The zero-order valence-electron chi connectivity index (χ0n) is 13.0. The summed E-state index contributed by atoms with van der Waals surface area (Å²) in [5.41, 5.74) is 0.763. The number of carbonyl (C=O) groups excluding carboxylic acids is 2. The van der Waals surface area contributed by atoms with Crippen LogP contribution < -0.4 is 15.4 Å². The lowest BCUT2D eigenvalue weighted by Crippen LogP contribution is -2.25. The van der Waals surface area contributed by atoms with Crippen molar-refractivity contribution in [2.75, 3.05) is 19.0 Å². The number of nitrogens with zero attached hydrogens (tertiary/aromatic N) is 1. The van der Waals surface area contributed by atoms with E-state index in [0.29, 0.717) is 23.0 Å². The van der Waals surface area contributed by atoms with E-state index < -0.39 is 5.91 Å². The minimum absolute atomic E-state index is 0.119. The fraction of sp³-hybridized carbons (Fsp3) is 0.118. The lowest BCUT2D eigenvalue weighted by atomic mass is 10.2. The Morgan fingerprint density at radius 2 is 1.96 bits per heavy atom. The number of hydrogen-bond donors (Lipinski definition) is 2. The molecule has 1 aromatic carbocycles. The maximum atomic E-state index is 12.3. The van der Waals surface area contributed by atoms with Crippen LogP contribution in [-0.2, 0) is 0 Å². The Balaban J connectivity index is 2.13. The third-order valence-electron chi connectivity index (χ3n) is 3.03. The number of halogens is 1. The Bertz CT molecular complexity index is 777. The number of nitrogens with one attached hydrogen (secondary N) is 2. The van der Waals surface area contributed by atoms with Crippen molar-refractivity contribution in [1.29, 1.82) is 0 Å². The number of aromatic nitrogens is 1. The van der Waals surface area contributed by atoms with E-state index in [-0.39, 0.29) is 17.3 Å². The van der Waals surface area contributed by atoms with Gasteiger partial charge in [0.15, 0.2) is 0 Å². The van der Waals surface area contributed by atoms with Crippen molar-refractivity contribution in [3.63, 3.8) is 0 Å². The van der Waals surface area contributed by atoms with Gasteiger partial charge in [-0.05, 0) is 30.3 Å². The van der Waals surface area contributed by atoms with Gasteiger partial charge in [-0.3, -0.25) is 9.59 Å². The predicted octanol–water partition coefficient (Wildman–Crippen LogP) is 2.91. The van der Waals surface area contributed by atoms with E-state index in [0.717, 1.165) is 0 Å². The van der Waals surface area contributed by atoms with Crippen LogP contribution in [-0.4, -0.2) is 30.5 Å². The molecule has 7 heteroatoms. The number of anilines is 1. The van der Waals surface area contributed by atoms with E-state index in [9.17, 15) is 9.59 Å². The number of ether oxygens (including phenoxy) is 1. The minimum Gasteiger partial charge on any atom is -0.495 e. The third kappa shape index (κ3) is 4.33. The highest BCUT2D eigenvalue weighted by atomic mass is 35.5. The maximum Gasteiger partial charge on any atom is 0.274 e. The van der Waals surface area contributed by atoms with E-state index in [1.807, 2.05) is 0 Å². The van der Waals surface area contributed by atoms with Gasteiger partial charge in [0.25, 0.3) is 11.8 Å². The molecular formula is C17H16ClN3O3. The van der Waals surface area contributed by atoms with Gasteiger partial charge in [-0.25, -0.2) is 4.98 Å². The fourth-order valence-corrected chi connectivity index (χ4v) is 2.14. The molecule has 2 amide bonds. The van der Waals surface area contributed by atoms with Crippen LogP contribution in [0.5, 0.6) is 5.75 Å². The summed E-state index contributed by atoms with van der Waals surface area (Å²) >= 11 is 6.02. The molecule has 6 nitrogen and oxygen atoms in total. The fourth-order valence-electron chi connectivity index (χ4n) is 1.88. The van der Waals surface area contributed by atoms with Crippen molar-refractivity contribution in [2.24, 2.45) is 0 Å². The maximum absolute atomic E-state index is 12.3. The summed E-state index contributed by atoms with van der Waals surface area (Å²) in [5.74, 6) is -0.319. The molecule has 24 heavy (non-hydrogen) atoms. The van der Waals surface area contributed by atoms with Gasteiger partial charge in [-0.1, -0.05) is 23.7 Å². The lowest BCUT2D eigenvalue weighted by molar-refractivity contribution is 0.0953. The zero-order valence-corrected chi connectivity index (χ0v) is 13.8. The molecule has 2 N–H and O–H groups in total. The van der Waals surface area contributed by atoms with Crippen molar-refractivity contribution in [3.8, 4) is 5.75 Å². The van der Waals surface area contributed by atoms with Crippen molar-refractivity contribution >= 4 is 29.1 Å². The second kappa shape index (κ2) is 8.12. The summed E-state index contributed by atoms with van der Waals surface area (Å²) in [6.07, 6.45) is 1.56. The summed E-state index contributed by atoms with van der Waals surface area (Å²) in [6.45, 7) is 3.84. The average Bonchev–Trinajstić information content (AvgIpc) is 2.60. The topological polar surface area (TPSA) is 80.3 Å². The molecule has 124 valence electrons. The molecule has 2 aromatic rings. The molecule has 2 rings (SSSR count). The lowest BCUT2D eigenvalue weighted by Gasteiger charge is -2.08. The monoisotopic (exact) mass is 345 g/mol. The van der Waals surface area contributed by atoms with E-state index in [4.69, 9.17) is 16.3 Å². The van der Waals surface area contributed by atoms with Gasteiger partial charge in [0.2, 0.25) is 0 Å². The first kappa shape index (κ1) is 17.5. The smallest absolute Gasteiger partial charge is 0.274 e. The summed E-state index contributed by atoms with van der Waals surface area (Å²) in [6, 6.07) is 9.50. The molecule has 0 aliphatic carbocycles. The average molecular weight is 346 g/mol. The standard InChI is InChI=1S/C17H16ClN3O3/c1-3-9-19-16(22)13-5-4-6-14(21-13)17(23)20-11-7-8-15(24-2)12(18)10-11/h3-8,10H,1,9H2,2H3,(H,19,22)(H,20,23). The van der Waals surface area contributed by atoms with Crippen LogP contribution in [0.15, 0.2) is 49.1 Å². The molecule has 0 saturated carbocycles. The van der Waals surface area contributed by atoms with Gasteiger partial charge in [-0.2, -0.15) is 0 Å². The van der Waals surface area contributed by atoms with Crippen LogP contribution in [0.4, 0.5) is 5.69 Å². The largest absolute Gasteiger partial charge is 0.495 e. The molecule has 1 aromatic heterocycles. The molecule has 0 saturated heterocycles. The predicted molar refractivity (Wildman–Crippen MR) is 92.7 cm³/mol. The molecule has 0 radical (unpaired) electrons. The highest BCUT2D eigenvalue weighted by molar-refractivity contribution is 6.32. The summed E-state index contributed by atoms with van der Waals surface area (Å²) in [7, 11) is 1.51. The summed E-state index contributed by atoms with van der Waals surface area (Å²) in [4.78, 5) is 28.2. The van der Waals surface area contributed by atoms with Crippen molar-refractivity contribution in [2.45, 2.75) is 0 Å². The molecular weight excluding hydrogens is 330 g/mol. The minimum atomic E-state index is -0.449. The van der Waals surface area contributed by atoms with Gasteiger partial charge in [0, 0.05) is 12.2 Å². The molecule has 0 fully saturated rings. The SMILES string of the molecule is C=CCNC(=O)c1cccc(C(=O)Nc2ccc(OC)c(Cl)c2)n1. The van der Waals surface area contributed by atoms with Gasteiger partial charge in [-0.15, -0.1) is 6.58 Å². The first-order valence-electron chi connectivity index (χ1n) is 7.06. The van der Waals surface area contributed by atoms with Crippen LogP contribution in [0, 0.1) is 0 Å². The van der Waals surface area contributed by atoms with Crippen LogP contribution in [0.1, 0.15) is 21.0 Å². The van der Waals surface area contributed by atoms with Gasteiger partial charge < -0.3 is 15.4 Å². The van der Waals surface area contributed by atoms with Gasteiger partial charge >= 0.3 is 0 Å². The number of methoxy groups -OCH3 is 1. The first-order valence-corrected chi connectivity index (χ1v) is 7.44. The Morgan fingerprint density at radius 3 is 2.58 bits per heavy atom. The van der Waals surface area contributed by atoms with E-state index in [2.05, 4.69) is 22.2 Å². The first-order chi connectivity index (χ1) is 11.5. The number of hydrogen-bond acceptors (Lipinski definition) is 4. The Morgan fingerprint density at radius 1 is 1.25 bits per heavy atom. The molecule has 0 spiro atoms. The molecule has 0 aliphatic rings. The molecule has 0 atom stereocenters. The second-order valence-corrected chi connectivity index (χ2v) is 5.12. The van der Waals surface area contributed by atoms with E-state index in [1.54, 1.807) is 30.3 Å². The normalized spacial score (nSPS) is 9.92. The van der Waals surface area contributed by atoms with E-state index >= 15 is 0 Å². The number of benzene rings is 1. The Kier molecular flexibility index (Phi) is 5.92. The summed E-state index contributed by atoms with van der Waals surface area (Å²) < 4.78 is 5.06. The highest BCUT2D eigenvalue weighted by Gasteiger charge is 2.13. The second-order valence-electron chi connectivity index (χ2n) is 4.71. The van der Waals surface area contributed by atoms with Gasteiger partial charge in [0.1, 0.15) is 17.1 Å². The van der Waals surface area contributed by atoms with Crippen molar-refractivity contribution in [3.05, 3.63) is 65.5 Å². The van der Waals surface area contributed by atoms with E-state index in [1.165, 1.54) is 19.2 Å². The quantitative estimate of drug-likeness (QED) is 0.789. The molecule has 0 bridgehead atoms. The number of carbonyl (C=O) groups is 2. The molecule has 0 aliphatic heterocycles. The van der Waals surface area contributed by atoms with Crippen molar-refractivity contribution < 1.29 is 14.3 Å². The van der Waals surface area contributed by atoms with Crippen LogP contribution >= 0.6 is 11.6 Å².